The summed E-state index contributed by atoms with van der Waals surface area (Å²) in [5.41, 5.74) is 5.75. The molecule has 3 heterocycles. The van der Waals surface area contributed by atoms with Gasteiger partial charge in [0, 0.05) is 28.7 Å². The molecule has 0 saturated carbocycles. The van der Waals surface area contributed by atoms with Crippen molar-refractivity contribution >= 4 is 56.1 Å². The van der Waals surface area contributed by atoms with Crippen molar-refractivity contribution in [2.45, 2.75) is 0 Å². The van der Waals surface area contributed by atoms with Crippen LogP contribution in [-0.2, 0) is 7.05 Å². The van der Waals surface area contributed by atoms with Gasteiger partial charge in [-0.15, -0.1) is 12.4 Å². The molecule has 2 aromatic carbocycles. The van der Waals surface area contributed by atoms with Crippen LogP contribution in [-0.4, -0.2) is 14.5 Å². The first kappa shape index (κ1) is 13.2. The van der Waals surface area contributed by atoms with Crippen LogP contribution in [0, 0.1) is 0 Å². The Bertz CT molecular complexity index is 1150. The van der Waals surface area contributed by atoms with E-state index in [4.69, 9.17) is 4.98 Å². The van der Waals surface area contributed by atoms with Crippen molar-refractivity contribution in [2.75, 3.05) is 0 Å². The SMILES string of the molecule is Cl.Cn1c2ccccc2c2ncc3[nH]c4ccccc4c3c21. The van der Waals surface area contributed by atoms with Crippen LogP contribution in [0.25, 0.3) is 43.7 Å². The monoisotopic (exact) mass is 307 g/mol. The number of aromatic nitrogens is 3. The molecule has 1 N–H and O–H groups in total. The zero-order valence-corrected chi connectivity index (χ0v) is 12.8. The second kappa shape index (κ2) is 4.49. The average Bonchev–Trinajstić information content (AvgIpc) is 3.04. The van der Waals surface area contributed by atoms with Crippen LogP contribution in [0.1, 0.15) is 0 Å². The summed E-state index contributed by atoms with van der Waals surface area (Å²) in [7, 11) is 2.12. The summed E-state index contributed by atoms with van der Waals surface area (Å²) in [5.74, 6) is 0. The first-order valence-corrected chi connectivity index (χ1v) is 7.07. The number of hydrogen-bond acceptors (Lipinski definition) is 1. The first-order valence-electron chi connectivity index (χ1n) is 7.07. The van der Waals surface area contributed by atoms with Gasteiger partial charge in [-0.2, -0.15) is 0 Å². The number of benzene rings is 2. The molecule has 0 saturated heterocycles. The number of rotatable bonds is 0. The Morgan fingerprint density at radius 2 is 1.64 bits per heavy atom. The summed E-state index contributed by atoms with van der Waals surface area (Å²) in [6, 6.07) is 16.9. The molecule has 108 valence electrons. The van der Waals surface area contributed by atoms with E-state index in [1.54, 1.807) is 0 Å². The van der Waals surface area contributed by atoms with E-state index in [9.17, 15) is 0 Å². The predicted octanol–water partition coefficient (Wildman–Crippen LogP) is 4.78. The summed E-state index contributed by atoms with van der Waals surface area (Å²) in [5, 5.41) is 3.72. The van der Waals surface area contributed by atoms with Gasteiger partial charge < -0.3 is 9.55 Å². The lowest BCUT2D eigenvalue weighted by Gasteiger charge is -1.99. The Morgan fingerprint density at radius 3 is 2.50 bits per heavy atom. The van der Waals surface area contributed by atoms with Gasteiger partial charge in [-0.3, -0.25) is 4.98 Å². The van der Waals surface area contributed by atoms with Crippen molar-refractivity contribution in [2.24, 2.45) is 7.05 Å². The third kappa shape index (κ3) is 1.49. The Kier molecular flexibility index (Phi) is 2.68. The van der Waals surface area contributed by atoms with E-state index in [0.717, 1.165) is 16.6 Å². The quantitative estimate of drug-likeness (QED) is 0.439. The average molecular weight is 308 g/mol. The van der Waals surface area contributed by atoms with Crippen LogP contribution >= 0.6 is 12.4 Å². The van der Waals surface area contributed by atoms with E-state index in [2.05, 4.69) is 65.1 Å². The Labute approximate surface area is 133 Å². The number of hydrogen-bond donors (Lipinski definition) is 1. The number of halogens is 1. The highest BCUT2D eigenvalue weighted by molar-refractivity contribution is 6.23. The third-order valence-electron chi connectivity index (χ3n) is 4.37. The van der Waals surface area contributed by atoms with Gasteiger partial charge in [0.2, 0.25) is 0 Å². The molecule has 3 aromatic heterocycles. The number of H-pyrrole nitrogens is 1. The van der Waals surface area contributed by atoms with Crippen LogP contribution < -0.4 is 0 Å². The molecule has 0 spiro atoms. The van der Waals surface area contributed by atoms with E-state index in [-0.39, 0.29) is 12.4 Å². The van der Waals surface area contributed by atoms with Gasteiger partial charge in [0.15, 0.2) is 0 Å². The second-order valence-corrected chi connectivity index (χ2v) is 5.49. The Balaban J connectivity index is 0.00000125. The number of para-hydroxylation sites is 2. The fraction of sp³-hybridized carbons (Fsp3) is 0.0556. The van der Waals surface area contributed by atoms with Crippen molar-refractivity contribution in [1.82, 2.24) is 14.5 Å². The van der Waals surface area contributed by atoms with Crippen LogP contribution in [0.15, 0.2) is 54.7 Å². The number of nitrogens with one attached hydrogen (secondary N) is 1. The van der Waals surface area contributed by atoms with E-state index >= 15 is 0 Å². The molecule has 0 aliphatic heterocycles. The highest BCUT2D eigenvalue weighted by Crippen LogP contribution is 2.35. The van der Waals surface area contributed by atoms with Crippen molar-refractivity contribution < 1.29 is 0 Å². The summed E-state index contributed by atoms with van der Waals surface area (Å²) in [4.78, 5) is 8.17. The molecule has 0 atom stereocenters. The number of aryl methyl sites for hydroxylation is 1. The molecule has 4 heteroatoms. The maximum Gasteiger partial charge on any atom is 0.0967 e. The zero-order chi connectivity index (χ0) is 14.0. The molecule has 0 radical (unpaired) electrons. The van der Waals surface area contributed by atoms with Crippen molar-refractivity contribution in [3.63, 3.8) is 0 Å². The minimum absolute atomic E-state index is 0. The van der Waals surface area contributed by atoms with Gasteiger partial charge in [0.05, 0.1) is 28.3 Å². The molecule has 3 nitrogen and oxygen atoms in total. The van der Waals surface area contributed by atoms with Crippen LogP contribution in [0.3, 0.4) is 0 Å². The summed E-state index contributed by atoms with van der Waals surface area (Å²) >= 11 is 0. The molecule has 5 rings (SSSR count). The van der Waals surface area contributed by atoms with E-state index < -0.39 is 0 Å². The number of aromatic amines is 1. The van der Waals surface area contributed by atoms with E-state index in [1.807, 2.05) is 6.20 Å². The zero-order valence-electron chi connectivity index (χ0n) is 12.0. The van der Waals surface area contributed by atoms with Gasteiger partial charge in [-0.05, 0) is 12.1 Å². The van der Waals surface area contributed by atoms with Gasteiger partial charge in [-0.1, -0.05) is 36.4 Å². The summed E-state index contributed by atoms with van der Waals surface area (Å²) in [6.07, 6.45) is 1.95. The molecule has 0 aliphatic rings. The minimum atomic E-state index is 0. The second-order valence-electron chi connectivity index (χ2n) is 5.49. The highest BCUT2D eigenvalue weighted by Gasteiger charge is 2.15. The predicted molar refractivity (Wildman–Crippen MR) is 94.8 cm³/mol. The van der Waals surface area contributed by atoms with Gasteiger partial charge in [0.25, 0.3) is 0 Å². The van der Waals surface area contributed by atoms with Gasteiger partial charge >= 0.3 is 0 Å². The third-order valence-corrected chi connectivity index (χ3v) is 4.37. The molecular formula is C18H14ClN3. The summed E-state index contributed by atoms with van der Waals surface area (Å²) in [6.45, 7) is 0. The molecule has 0 unspecified atom stereocenters. The fourth-order valence-corrected chi connectivity index (χ4v) is 3.43. The first-order chi connectivity index (χ1) is 10.3. The molecule has 0 fully saturated rings. The normalized spacial score (nSPS) is 11.5. The smallest absolute Gasteiger partial charge is 0.0967 e. The lowest BCUT2D eigenvalue weighted by molar-refractivity contribution is 1.02. The van der Waals surface area contributed by atoms with E-state index in [0.29, 0.717) is 0 Å². The Morgan fingerprint density at radius 1 is 0.909 bits per heavy atom. The number of nitrogens with zero attached hydrogens (tertiary/aromatic N) is 2. The fourth-order valence-electron chi connectivity index (χ4n) is 3.43. The summed E-state index contributed by atoms with van der Waals surface area (Å²) < 4.78 is 2.25. The number of fused-ring (bicyclic) bond motifs is 7. The van der Waals surface area contributed by atoms with Gasteiger partial charge in [0.1, 0.15) is 0 Å². The van der Waals surface area contributed by atoms with Gasteiger partial charge in [-0.25, -0.2) is 0 Å². The molecule has 0 bridgehead atoms. The molecule has 5 aromatic rings. The highest BCUT2D eigenvalue weighted by atomic mass is 35.5. The van der Waals surface area contributed by atoms with Crippen LogP contribution in [0.5, 0.6) is 0 Å². The molecule has 0 amide bonds. The van der Waals surface area contributed by atoms with Crippen LogP contribution in [0.2, 0.25) is 0 Å². The van der Waals surface area contributed by atoms with Crippen molar-refractivity contribution in [3.8, 4) is 0 Å². The largest absolute Gasteiger partial charge is 0.353 e. The topological polar surface area (TPSA) is 33.6 Å². The standard InChI is InChI=1S/C18H13N3.ClH/c1-21-15-9-5-3-7-12(15)17-18(21)16-11-6-2-4-8-13(11)20-14(16)10-19-17;/h2-10,20H,1H3;1H. The maximum atomic E-state index is 4.70. The number of pyridine rings is 1. The minimum Gasteiger partial charge on any atom is -0.353 e. The lowest BCUT2D eigenvalue weighted by Crippen LogP contribution is -1.87. The van der Waals surface area contributed by atoms with Crippen molar-refractivity contribution in [3.05, 3.63) is 54.7 Å². The van der Waals surface area contributed by atoms with Crippen LogP contribution in [0.4, 0.5) is 0 Å². The molecule has 0 aliphatic carbocycles. The Hall–Kier alpha value is -2.52. The van der Waals surface area contributed by atoms with E-state index in [1.165, 1.54) is 27.2 Å². The van der Waals surface area contributed by atoms with Crippen molar-refractivity contribution in [1.29, 1.82) is 0 Å². The molecular weight excluding hydrogens is 294 g/mol. The molecule has 22 heavy (non-hydrogen) atoms. The lowest BCUT2D eigenvalue weighted by atomic mass is 10.1. The maximum absolute atomic E-state index is 4.70.